The molecule has 0 saturated carbocycles. The van der Waals surface area contributed by atoms with Gasteiger partial charge in [-0.15, -0.1) is 16.4 Å². The Labute approximate surface area is 186 Å². The summed E-state index contributed by atoms with van der Waals surface area (Å²) in [5.41, 5.74) is 5.54. The molecule has 0 aliphatic rings. The molecule has 30 heavy (non-hydrogen) atoms. The Balaban J connectivity index is 1.61. The average Bonchev–Trinajstić information content (AvgIpc) is 3.22. The summed E-state index contributed by atoms with van der Waals surface area (Å²) < 4.78 is 2.00. The third kappa shape index (κ3) is 4.96. The Bertz CT molecular complexity index is 1190. The van der Waals surface area contributed by atoms with E-state index in [0.717, 1.165) is 16.9 Å². The molecule has 0 fully saturated rings. The van der Waals surface area contributed by atoms with E-state index in [1.165, 1.54) is 23.1 Å². The maximum Gasteiger partial charge on any atom is 0.250 e. The number of nitrogens with one attached hydrogen (secondary N) is 1. The number of hydrogen-bond acceptors (Lipinski definition) is 6. The Morgan fingerprint density at radius 2 is 1.80 bits per heavy atom. The largest absolute Gasteiger partial charge is 0.284 e. The van der Waals surface area contributed by atoms with E-state index in [0.29, 0.717) is 15.0 Å². The maximum absolute atomic E-state index is 12.3. The molecule has 0 atom stereocenters. The third-order valence-electron chi connectivity index (χ3n) is 4.01. The van der Waals surface area contributed by atoms with Crippen LogP contribution in [0.5, 0.6) is 0 Å². The van der Waals surface area contributed by atoms with Gasteiger partial charge in [-0.25, -0.2) is 15.4 Å². The van der Waals surface area contributed by atoms with Gasteiger partial charge in [0.1, 0.15) is 0 Å². The second-order valence-electron chi connectivity index (χ2n) is 6.05. The molecule has 0 saturated heterocycles. The lowest BCUT2D eigenvalue weighted by molar-refractivity contribution is -0.118. The highest BCUT2D eigenvalue weighted by atomic mass is 35.5. The molecule has 2 heterocycles. The van der Waals surface area contributed by atoms with Crippen LogP contribution in [-0.2, 0) is 4.79 Å². The summed E-state index contributed by atoms with van der Waals surface area (Å²) >= 11 is 8.74. The van der Waals surface area contributed by atoms with E-state index in [1.807, 2.05) is 64.5 Å². The van der Waals surface area contributed by atoms with E-state index in [4.69, 9.17) is 11.6 Å². The molecule has 150 valence electrons. The Kier molecular flexibility index (Phi) is 6.58. The van der Waals surface area contributed by atoms with Crippen molar-refractivity contribution in [2.75, 3.05) is 5.75 Å². The summed E-state index contributed by atoms with van der Waals surface area (Å²) in [4.78, 5) is 21.1. The minimum absolute atomic E-state index is 0.175. The van der Waals surface area contributed by atoms with Gasteiger partial charge in [-0.2, -0.15) is 0 Å². The van der Waals surface area contributed by atoms with Gasteiger partial charge in [0.25, 0.3) is 5.91 Å². The van der Waals surface area contributed by atoms with Crippen molar-refractivity contribution in [3.8, 4) is 16.9 Å². The average molecular weight is 454 g/mol. The molecular weight excluding hydrogens is 438 g/mol. The lowest BCUT2D eigenvalue weighted by atomic mass is 10.1. The molecule has 2 aromatic carbocycles. The zero-order valence-corrected chi connectivity index (χ0v) is 18.0. The topological polar surface area (TPSA) is 72.2 Å². The van der Waals surface area contributed by atoms with Gasteiger partial charge in [-0.3, -0.25) is 9.36 Å². The van der Waals surface area contributed by atoms with Gasteiger partial charge in [0.05, 0.1) is 11.4 Å². The molecule has 2 aromatic heterocycles. The van der Waals surface area contributed by atoms with Crippen LogP contribution in [0.15, 0.2) is 88.7 Å². The summed E-state index contributed by atoms with van der Waals surface area (Å²) in [6.45, 7) is 0. The minimum Gasteiger partial charge on any atom is -0.284 e. The zero-order chi connectivity index (χ0) is 20.8. The number of hydrogen-bond donors (Lipinski definition) is 1. The van der Waals surface area contributed by atoms with Gasteiger partial charge < -0.3 is 0 Å². The monoisotopic (exact) mass is 453 g/mol. The van der Waals surface area contributed by atoms with E-state index in [9.17, 15) is 4.79 Å². The lowest BCUT2D eigenvalue weighted by Gasteiger charge is -2.09. The Hall–Kier alpha value is -2.94. The van der Waals surface area contributed by atoms with Gasteiger partial charge in [0.2, 0.25) is 4.80 Å². The van der Waals surface area contributed by atoms with Crippen molar-refractivity contribution in [2.45, 2.75) is 5.16 Å². The van der Waals surface area contributed by atoms with Crippen LogP contribution in [0, 0.1) is 0 Å². The predicted molar refractivity (Wildman–Crippen MR) is 121 cm³/mol. The number of benzene rings is 2. The van der Waals surface area contributed by atoms with Crippen LogP contribution in [-0.4, -0.2) is 26.2 Å². The van der Waals surface area contributed by atoms with Crippen molar-refractivity contribution in [3.63, 3.8) is 0 Å². The number of amides is 1. The van der Waals surface area contributed by atoms with E-state index >= 15 is 0 Å². The first-order chi connectivity index (χ1) is 14.7. The predicted octanol–water partition coefficient (Wildman–Crippen LogP) is 4.37. The van der Waals surface area contributed by atoms with Crippen molar-refractivity contribution in [1.29, 1.82) is 0 Å². The number of carbonyl (C=O) groups is 1. The highest BCUT2D eigenvalue weighted by Crippen LogP contribution is 2.24. The Morgan fingerprint density at radius 3 is 2.53 bits per heavy atom. The van der Waals surface area contributed by atoms with Gasteiger partial charge in [-0.05, 0) is 35.9 Å². The molecule has 0 unspecified atom stereocenters. The molecule has 9 heteroatoms. The normalized spacial score (nSPS) is 11.4. The van der Waals surface area contributed by atoms with E-state index in [-0.39, 0.29) is 11.7 Å². The first kappa shape index (κ1) is 20.3. The number of halogens is 1. The van der Waals surface area contributed by atoms with Crippen LogP contribution in [0.1, 0.15) is 0 Å². The first-order valence-electron chi connectivity index (χ1n) is 8.95. The van der Waals surface area contributed by atoms with Crippen LogP contribution in [0.4, 0.5) is 0 Å². The number of aromatic nitrogens is 3. The fourth-order valence-electron chi connectivity index (χ4n) is 2.67. The molecule has 1 N–H and O–H groups in total. The molecule has 0 spiro atoms. The molecule has 6 nitrogen and oxygen atoms in total. The van der Waals surface area contributed by atoms with Crippen LogP contribution < -0.4 is 10.2 Å². The zero-order valence-electron chi connectivity index (χ0n) is 15.6. The smallest absolute Gasteiger partial charge is 0.250 e. The van der Waals surface area contributed by atoms with Crippen LogP contribution in [0.2, 0.25) is 5.02 Å². The lowest BCUT2D eigenvalue weighted by Crippen LogP contribution is -2.25. The van der Waals surface area contributed by atoms with Gasteiger partial charge >= 0.3 is 0 Å². The van der Waals surface area contributed by atoms with Crippen molar-refractivity contribution in [3.05, 3.63) is 88.3 Å². The summed E-state index contributed by atoms with van der Waals surface area (Å²) in [7, 11) is 0. The highest BCUT2D eigenvalue weighted by Gasteiger charge is 2.11. The number of rotatable bonds is 6. The third-order valence-corrected chi connectivity index (χ3v) is 5.97. The molecule has 0 radical (unpaired) electrons. The van der Waals surface area contributed by atoms with Crippen molar-refractivity contribution >= 4 is 40.6 Å². The van der Waals surface area contributed by atoms with Crippen molar-refractivity contribution in [1.82, 2.24) is 20.0 Å². The standard InChI is InChI=1S/C21H16ClN5OS2/c22-16-9-7-15(8-10-16)18-13-30-21(27(18)17-5-2-1-3-6-17)26-25-19(28)14-29-20-23-11-4-12-24-20/h1-13H,14H2,(H,25,28)/b26-21+. The molecule has 1 amide bonds. The maximum atomic E-state index is 12.3. The summed E-state index contributed by atoms with van der Waals surface area (Å²) in [5, 5.41) is 7.60. The number of thioether (sulfide) groups is 1. The van der Waals surface area contributed by atoms with E-state index in [2.05, 4.69) is 20.5 Å². The first-order valence-corrected chi connectivity index (χ1v) is 11.2. The molecule has 0 bridgehead atoms. The fourth-order valence-corrected chi connectivity index (χ4v) is 4.26. The van der Waals surface area contributed by atoms with Gasteiger partial charge in [0.15, 0.2) is 5.16 Å². The molecule has 0 aliphatic heterocycles. The van der Waals surface area contributed by atoms with Crippen molar-refractivity contribution < 1.29 is 4.79 Å². The molecule has 0 aliphatic carbocycles. The number of nitrogens with zero attached hydrogens (tertiary/aromatic N) is 4. The van der Waals surface area contributed by atoms with E-state index in [1.54, 1.807) is 18.5 Å². The highest BCUT2D eigenvalue weighted by molar-refractivity contribution is 7.99. The summed E-state index contributed by atoms with van der Waals surface area (Å²) in [5.74, 6) is -0.0534. The van der Waals surface area contributed by atoms with Gasteiger partial charge in [0, 0.05) is 28.5 Å². The van der Waals surface area contributed by atoms with E-state index < -0.39 is 0 Å². The molecule has 4 aromatic rings. The van der Waals surface area contributed by atoms with Gasteiger partial charge in [-0.1, -0.05) is 53.7 Å². The fraction of sp³-hybridized carbons (Fsp3) is 0.0476. The van der Waals surface area contributed by atoms with Crippen LogP contribution in [0.3, 0.4) is 0 Å². The number of thiazole rings is 1. The summed E-state index contributed by atoms with van der Waals surface area (Å²) in [6.07, 6.45) is 3.29. The second kappa shape index (κ2) is 9.71. The minimum atomic E-state index is -0.228. The number of para-hydroxylation sites is 1. The number of carbonyl (C=O) groups excluding carboxylic acids is 1. The quantitative estimate of drug-likeness (QED) is 0.267. The van der Waals surface area contributed by atoms with Crippen LogP contribution >= 0.6 is 34.7 Å². The van der Waals surface area contributed by atoms with Crippen LogP contribution in [0.25, 0.3) is 16.9 Å². The SMILES string of the molecule is O=C(CSc1ncccn1)N/N=c1/scc(-c2ccc(Cl)cc2)n1-c1ccccc1. The molecule has 4 rings (SSSR count). The molecular formula is C21H16ClN5OS2. The summed E-state index contributed by atoms with van der Waals surface area (Å²) in [6, 6.07) is 19.2. The Morgan fingerprint density at radius 1 is 1.07 bits per heavy atom. The van der Waals surface area contributed by atoms with Crippen molar-refractivity contribution in [2.24, 2.45) is 5.10 Å². The second-order valence-corrected chi connectivity index (χ2v) is 8.26.